The van der Waals surface area contributed by atoms with Crippen molar-refractivity contribution in [3.8, 4) is 0 Å². The molecule has 39 heavy (non-hydrogen) atoms. The summed E-state index contributed by atoms with van der Waals surface area (Å²) in [5, 5.41) is 9.68. The Bertz CT molecular complexity index is 1210. The predicted octanol–water partition coefficient (Wildman–Crippen LogP) is 7.41. The van der Waals surface area contributed by atoms with Gasteiger partial charge >= 0.3 is 13.6 Å². The Morgan fingerprint density at radius 3 is 2.23 bits per heavy atom. The first-order valence-corrected chi connectivity index (χ1v) is 15.4. The summed E-state index contributed by atoms with van der Waals surface area (Å²) >= 11 is 0. The van der Waals surface area contributed by atoms with Gasteiger partial charge in [0.15, 0.2) is 5.16 Å². The molecule has 0 heterocycles. The van der Waals surface area contributed by atoms with E-state index in [-0.39, 0.29) is 42.8 Å². The van der Waals surface area contributed by atoms with Gasteiger partial charge in [0.05, 0.1) is 18.1 Å². The maximum absolute atomic E-state index is 14.3. The smallest absolute Gasteiger partial charge is 0.348 e. The Morgan fingerprint density at radius 2 is 1.67 bits per heavy atom. The second-order valence-corrected chi connectivity index (χ2v) is 13.7. The fourth-order valence-corrected chi connectivity index (χ4v) is 8.76. The van der Waals surface area contributed by atoms with Crippen LogP contribution in [-0.4, -0.2) is 35.4 Å². The lowest BCUT2D eigenvalue weighted by Crippen LogP contribution is -2.45. The maximum atomic E-state index is 14.3. The van der Waals surface area contributed by atoms with Crippen LogP contribution in [-0.2, 0) is 28.6 Å². The van der Waals surface area contributed by atoms with Gasteiger partial charge in [-0.05, 0) is 55.6 Å². The third-order valence-corrected chi connectivity index (χ3v) is 11.5. The number of non-ortho nitro benzene ring substituents is 1. The Labute approximate surface area is 231 Å². The molecule has 2 fully saturated rings. The molecule has 0 spiro atoms. The Kier molecular flexibility index (Phi) is 8.70. The van der Waals surface area contributed by atoms with Crippen LogP contribution in [0.15, 0.2) is 54.6 Å². The largest absolute Gasteiger partial charge is 0.461 e. The average molecular weight is 558 g/mol. The van der Waals surface area contributed by atoms with Crippen LogP contribution in [0, 0.1) is 22.0 Å². The first kappa shape index (κ1) is 29.4. The highest BCUT2D eigenvalue weighted by molar-refractivity contribution is 7.57. The summed E-state index contributed by atoms with van der Waals surface area (Å²) in [7, 11) is -3.93. The molecule has 0 unspecified atom stereocenters. The summed E-state index contributed by atoms with van der Waals surface area (Å²) in [5.41, 5.74) is 1.57. The van der Waals surface area contributed by atoms with E-state index in [9.17, 15) is 19.5 Å². The van der Waals surface area contributed by atoms with Crippen LogP contribution in [0.5, 0.6) is 0 Å². The van der Waals surface area contributed by atoms with E-state index >= 15 is 0 Å². The first-order chi connectivity index (χ1) is 18.5. The molecule has 2 aliphatic carbocycles. The van der Waals surface area contributed by atoms with Crippen molar-refractivity contribution in [3.05, 3.63) is 75.8 Å². The Hall–Kier alpha value is -2.54. The standard InChI is InChI=1S/C30H40NO7P/c1-6-36-39(35,37-7-2)30(20-26(30)22-14-16-24(17-15-22)31(33)34)28(32)38-27-19-21(3)13-18-25(27)29(4,5)23-11-9-8-10-12-23/h8-12,14-17,21,25-27H,6-7,13,18-20H2,1-5H3/t21-,25-,26+,27-,30+/m1/s1. The van der Waals surface area contributed by atoms with Gasteiger partial charge in [-0.25, -0.2) is 0 Å². The molecule has 2 aromatic carbocycles. The van der Waals surface area contributed by atoms with Crippen molar-refractivity contribution in [1.82, 2.24) is 0 Å². The number of ether oxygens (including phenoxy) is 1. The van der Waals surface area contributed by atoms with E-state index < -0.39 is 29.6 Å². The van der Waals surface area contributed by atoms with Gasteiger partial charge in [-0.1, -0.05) is 69.7 Å². The summed E-state index contributed by atoms with van der Waals surface area (Å²) in [5.74, 6) is -0.593. The molecule has 4 rings (SSSR count). The van der Waals surface area contributed by atoms with Gasteiger partial charge in [-0.2, -0.15) is 0 Å². The van der Waals surface area contributed by atoms with Gasteiger partial charge in [0, 0.05) is 24.0 Å². The first-order valence-electron chi connectivity index (χ1n) is 13.9. The van der Waals surface area contributed by atoms with Gasteiger partial charge in [0.2, 0.25) is 0 Å². The van der Waals surface area contributed by atoms with E-state index in [1.807, 2.05) is 18.2 Å². The second-order valence-electron chi connectivity index (χ2n) is 11.4. The molecule has 2 saturated carbocycles. The summed E-state index contributed by atoms with van der Waals surface area (Å²) in [4.78, 5) is 24.9. The van der Waals surface area contributed by atoms with Crippen molar-refractivity contribution < 1.29 is 28.1 Å². The minimum Gasteiger partial charge on any atom is -0.461 e. The van der Waals surface area contributed by atoms with Crippen molar-refractivity contribution >= 4 is 19.3 Å². The van der Waals surface area contributed by atoms with E-state index in [0.717, 1.165) is 19.3 Å². The zero-order valence-electron chi connectivity index (χ0n) is 23.5. The van der Waals surface area contributed by atoms with E-state index in [2.05, 4.69) is 32.9 Å². The molecule has 0 bridgehead atoms. The van der Waals surface area contributed by atoms with Gasteiger partial charge in [0.25, 0.3) is 5.69 Å². The molecule has 0 amide bonds. The lowest BCUT2D eigenvalue weighted by Gasteiger charge is -2.44. The third-order valence-electron chi connectivity index (χ3n) is 8.64. The summed E-state index contributed by atoms with van der Waals surface area (Å²) in [6, 6.07) is 16.3. The number of esters is 1. The van der Waals surface area contributed by atoms with Crippen LogP contribution < -0.4 is 0 Å². The number of hydrogen-bond donors (Lipinski definition) is 0. The number of benzene rings is 2. The van der Waals surface area contributed by atoms with Crippen LogP contribution in [0.1, 0.15) is 77.3 Å². The third kappa shape index (κ3) is 5.57. The topological polar surface area (TPSA) is 105 Å². The molecule has 0 radical (unpaired) electrons. The number of rotatable bonds is 11. The van der Waals surface area contributed by atoms with Crippen LogP contribution >= 0.6 is 7.60 Å². The minimum atomic E-state index is -3.93. The normalized spacial score (nSPS) is 27.1. The Balaban J connectivity index is 1.69. The fraction of sp³-hybridized carbons (Fsp3) is 0.567. The fourth-order valence-electron chi connectivity index (χ4n) is 6.33. The van der Waals surface area contributed by atoms with Gasteiger partial charge in [-0.15, -0.1) is 0 Å². The number of carbonyl (C=O) groups is 1. The quantitative estimate of drug-likeness (QED) is 0.123. The second kappa shape index (κ2) is 11.5. The maximum Gasteiger partial charge on any atom is 0.348 e. The molecule has 0 saturated heterocycles. The van der Waals surface area contributed by atoms with Gasteiger partial charge < -0.3 is 13.8 Å². The average Bonchev–Trinajstić information content (AvgIpc) is 3.67. The highest BCUT2D eigenvalue weighted by Crippen LogP contribution is 2.77. The summed E-state index contributed by atoms with van der Waals surface area (Å²) < 4.78 is 32.1. The summed E-state index contributed by atoms with van der Waals surface area (Å²) in [6.07, 6.45) is 2.55. The molecule has 5 atom stereocenters. The van der Waals surface area contributed by atoms with Crippen molar-refractivity contribution in [1.29, 1.82) is 0 Å². The molecule has 0 aromatic heterocycles. The van der Waals surface area contributed by atoms with Crippen LogP contribution in [0.3, 0.4) is 0 Å². The lowest BCUT2D eigenvalue weighted by atomic mass is 9.64. The molecule has 0 aliphatic heterocycles. The molecular weight excluding hydrogens is 517 g/mol. The zero-order chi connectivity index (χ0) is 28.4. The number of hydrogen-bond acceptors (Lipinski definition) is 7. The zero-order valence-corrected chi connectivity index (χ0v) is 24.4. The lowest BCUT2D eigenvalue weighted by molar-refractivity contribution is -0.384. The molecule has 2 aliphatic rings. The number of nitro groups is 1. The van der Waals surface area contributed by atoms with E-state index in [0.29, 0.717) is 11.5 Å². The van der Waals surface area contributed by atoms with E-state index in [1.54, 1.807) is 26.0 Å². The van der Waals surface area contributed by atoms with E-state index in [1.165, 1.54) is 17.7 Å². The monoisotopic (exact) mass is 557 g/mol. The van der Waals surface area contributed by atoms with Crippen molar-refractivity contribution in [2.75, 3.05) is 13.2 Å². The van der Waals surface area contributed by atoms with Gasteiger partial charge in [-0.3, -0.25) is 19.5 Å². The molecule has 212 valence electrons. The van der Waals surface area contributed by atoms with Crippen LogP contribution in [0.25, 0.3) is 0 Å². The highest BCUT2D eigenvalue weighted by Gasteiger charge is 2.75. The molecule has 9 heteroatoms. The van der Waals surface area contributed by atoms with Crippen LogP contribution in [0.2, 0.25) is 0 Å². The molecule has 2 aromatic rings. The molecular formula is C30H40NO7P. The molecule has 0 N–H and O–H groups in total. The number of nitrogens with zero attached hydrogens (tertiary/aromatic N) is 1. The predicted molar refractivity (Wildman–Crippen MR) is 150 cm³/mol. The van der Waals surface area contributed by atoms with E-state index in [4.69, 9.17) is 13.8 Å². The highest BCUT2D eigenvalue weighted by atomic mass is 31.2. The van der Waals surface area contributed by atoms with Crippen LogP contribution in [0.4, 0.5) is 5.69 Å². The number of nitro benzene ring substituents is 1. The van der Waals surface area contributed by atoms with Crippen molar-refractivity contribution in [3.63, 3.8) is 0 Å². The van der Waals surface area contributed by atoms with Crippen molar-refractivity contribution in [2.45, 2.75) is 82.9 Å². The SMILES string of the molecule is CCOP(=O)(OCC)[C@@]1(C(=O)O[C@@H]2C[C@H](C)CC[C@H]2C(C)(C)c2ccccc2)C[C@H]1c1ccc([N+](=O)[O-])cc1. The van der Waals surface area contributed by atoms with Crippen molar-refractivity contribution in [2.24, 2.45) is 11.8 Å². The molecule has 8 nitrogen and oxygen atoms in total. The van der Waals surface area contributed by atoms with Gasteiger partial charge in [0.1, 0.15) is 6.10 Å². The number of carbonyl (C=O) groups excluding carboxylic acids is 1. The minimum absolute atomic E-state index is 0.0486. The summed E-state index contributed by atoms with van der Waals surface area (Å²) in [6.45, 7) is 10.2. The Morgan fingerprint density at radius 1 is 1.05 bits per heavy atom.